The molecule has 0 unspecified atom stereocenters. The molecule has 0 N–H and O–H groups in total. The molecule has 0 atom stereocenters. The average Bonchev–Trinajstić information content (AvgIpc) is 3.09. The number of nitrogens with zero attached hydrogens (tertiary/aromatic N) is 3. The van der Waals surface area contributed by atoms with E-state index in [4.69, 9.17) is 4.74 Å². The molecule has 0 radical (unpaired) electrons. The van der Waals surface area contributed by atoms with E-state index < -0.39 is 0 Å². The standard InChI is InChI=1S/C20H21N3O2/c1-3-23-17(12-13-21-23)15-22(2)20(24)16-8-7-11-19(14-16)25-18-9-5-4-6-10-18/h4-14H,3,15H2,1-2H3. The Morgan fingerprint density at radius 2 is 1.84 bits per heavy atom. The van der Waals surface area contributed by atoms with Gasteiger partial charge in [-0.15, -0.1) is 0 Å². The van der Waals surface area contributed by atoms with Gasteiger partial charge in [0.25, 0.3) is 5.91 Å². The largest absolute Gasteiger partial charge is 0.457 e. The van der Waals surface area contributed by atoms with Crippen LogP contribution < -0.4 is 4.74 Å². The lowest BCUT2D eigenvalue weighted by Crippen LogP contribution is -2.27. The van der Waals surface area contributed by atoms with Crippen molar-refractivity contribution in [2.45, 2.75) is 20.0 Å². The number of para-hydroxylation sites is 1. The molecule has 0 aliphatic carbocycles. The number of benzene rings is 2. The Morgan fingerprint density at radius 1 is 1.08 bits per heavy atom. The fraction of sp³-hybridized carbons (Fsp3) is 0.200. The van der Waals surface area contributed by atoms with Gasteiger partial charge < -0.3 is 9.64 Å². The lowest BCUT2D eigenvalue weighted by molar-refractivity contribution is 0.0781. The first-order chi connectivity index (χ1) is 12.2. The summed E-state index contributed by atoms with van der Waals surface area (Å²) in [4.78, 5) is 14.4. The van der Waals surface area contributed by atoms with Crippen molar-refractivity contribution in [2.24, 2.45) is 0 Å². The molecule has 2 aromatic carbocycles. The number of aromatic nitrogens is 2. The summed E-state index contributed by atoms with van der Waals surface area (Å²) in [6, 6.07) is 18.7. The maximum Gasteiger partial charge on any atom is 0.254 e. The summed E-state index contributed by atoms with van der Waals surface area (Å²) in [5, 5.41) is 4.24. The molecule has 1 aromatic heterocycles. The molecule has 0 bridgehead atoms. The first-order valence-corrected chi connectivity index (χ1v) is 8.26. The lowest BCUT2D eigenvalue weighted by atomic mass is 10.2. The van der Waals surface area contributed by atoms with E-state index in [0.29, 0.717) is 17.9 Å². The van der Waals surface area contributed by atoms with Gasteiger partial charge in [-0.25, -0.2) is 0 Å². The zero-order valence-electron chi connectivity index (χ0n) is 14.4. The fourth-order valence-corrected chi connectivity index (χ4v) is 2.63. The minimum absolute atomic E-state index is 0.0534. The van der Waals surface area contributed by atoms with E-state index in [0.717, 1.165) is 18.0 Å². The highest BCUT2D eigenvalue weighted by molar-refractivity contribution is 5.94. The van der Waals surface area contributed by atoms with E-state index in [-0.39, 0.29) is 5.91 Å². The second-order valence-corrected chi connectivity index (χ2v) is 5.74. The van der Waals surface area contributed by atoms with Gasteiger partial charge in [-0.1, -0.05) is 24.3 Å². The summed E-state index contributed by atoms with van der Waals surface area (Å²) in [7, 11) is 1.79. The number of amides is 1. The molecule has 25 heavy (non-hydrogen) atoms. The Hall–Kier alpha value is -3.08. The van der Waals surface area contributed by atoms with Gasteiger partial charge in [-0.05, 0) is 43.3 Å². The van der Waals surface area contributed by atoms with E-state index >= 15 is 0 Å². The van der Waals surface area contributed by atoms with Crippen molar-refractivity contribution in [3.8, 4) is 11.5 Å². The summed E-state index contributed by atoms with van der Waals surface area (Å²) >= 11 is 0. The van der Waals surface area contributed by atoms with Crippen LogP contribution in [0.2, 0.25) is 0 Å². The van der Waals surface area contributed by atoms with Gasteiger partial charge in [0.1, 0.15) is 11.5 Å². The number of carbonyl (C=O) groups is 1. The van der Waals surface area contributed by atoms with E-state index in [1.165, 1.54) is 0 Å². The van der Waals surface area contributed by atoms with Gasteiger partial charge in [-0.3, -0.25) is 9.48 Å². The molecule has 3 aromatic rings. The van der Waals surface area contributed by atoms with Gasteiger partial charge >= 0.3 is 0 Å². The molecule has 5 nitrogen and oxygen atoms in total. The fourth-order valence-electron chi connectivity index (χ4n) is 2.63. The summed E-state index contributed by atoms with van der Waals surface area (Å²) in [6.07, 6.45) is 1.76. The van der Waals surface area contributed by atoms with Crippen molar-refractivity contribution in [2.75, 3.05) is 7.05 Å². The first kappa shape index (κ1) is 16.8. The highest BCUT2D eigenvalue weighted by Gasteiger charge is 2.14. The Labute approximate surface area is 147 Å². The molecule has 128 valence electrons. The first-order valence-electron chi connectivity index (χ1n) is 8.26. The van der Waals surface area contributed by atoms with Crippen LogP contribution in [0.15, 0.2) is 66.9 Å². The molecule has 3 rings (SSSR count). The molecule has 0 aliphatic rings. The van der Waals surface area contributed by atoms with Crippen LogP contribution in [0.3, 0.4) is 0 Å². The topological polar surface area (TPSA) is 47.4 Å². The lowest BCUT2D eigenvalue weighted by Gasteiger charge is -2.18. The molecule has 0 saturated carbocycles. The van der Waals surface area contributed by atoms with Crippen LogP contribution in [0.4, 0.5) is 0 Å². The Balaban J connectivity index is 1.72. The van der Waals surface area contributed by atoms with E-state index in [1.54, 1.807) is 30.3 Å². The molecule has 0 aliphatic heterocycles. The van der Waals surface area contributed by atoms with Gasteiger partial charge in [0.05, 0.1) is 12.2 Å². The van der Waals surface area contributed by atoms with Crippen LogP contribution in [0.25, 0.3) is 0 Å². The quantitative estimate of drug-likeness (QED) is 0.685. The predicted octanol–water partition coefficient (Wildman–Crippen LogP) is 3.97. The molecule has 1 amide bonds. The van der Waals surface area contributed by atoms with Crippen LogP contribution >= 0.6 is 0 Å². The maximum absolute atomic E-state index is 12.7. The predicted molar refractivity (Wildman–Crippen MR) is 96.7 cm³/mol. The zero-order chi connectivity index (χ0) is 17.6. The number of carbonyl (C=O) groups excluding carboxylic acids is 1. The maximum atomic E-state index is 12.7. The van der Waals surface area contributed by atoms with Crippen LogP contribution in [0, 0.1) is 0 Å². The Morgan fingerprint density at radius 3 is 2.60 bits per heavy atom. The number of aryl methyl sites for hydroxylation is 1. The van der Waals surface area contributed by atoms with E-state index in [1.807, 2.05) is 60.1 Å². The van der Waals surface area contributed by atoms with Crippen molar-refractivity contribution in [3.63, 3.8) is 0 Å². The molecule has 1 heterocycles. The van der Waals surface area contributed by atoms with Crippen LogP contribution in [-0.4, -0.2) is 27.6 Å². The highest BCUT2D eigenvalue weighted by Crippen LogP contribution is 2.22. The Bertz CT molecular complexity index is 843. The molecule has 0 saturated heterocycles. The van der Waals surface area contributed by atoms with Crippen LogP contribution in [0.1, 0.15) is 23.0 Å². The van der Waals surface area contributed by atoms with Gasteiger partial charge in [0.2, 0.25) is 0 Å². The molecular formula is C20H21N3O2. The second-order valence-electron chi connectivity index (χ2n) is 5.74. The number of hydrogen-bond donors (Lipinski definition) is 0. The van der Waals surface area contributed by atoms with Crippen LogP contribution in [-0.2, 0) is 13.1 Å². The number of rotatable bonds is 6. The normalized spacial score (nSPS) is 10.5. The van der Waals surface area contributed by atoms with Crippen molar-refractivity contribution in [3.05, 3.63) is 78.1 Å². The molecule has 0 fully saturated rings. The van der Waals surface area contributed by atoms with Crippen molar-refractivity contribution in [1.29, 1.82) is 0 Å². The third kappa shape index (κ3) is 4.07. The molecule has 5 heteroatoms. The van der Waals surface area contributed by atoms with Crippen molar-refractivity contribution < 1.29 is 9.53 Å². The summed E-state index contributed by atoms with van der Waals surface area (Å²) < 4.78 is 7.69. The third-order valence-corrected chi connectivity index (χ3v) is 3.91. The minimum atomic E-state index is -0.0534. The number of ether oxygens (including phenoxy) is 1. The average molecular weight is 335 g/mol. The summed E-state index contributed by atoms with van der Waals surface area (Å²) in [5.74, 6) is 1.33. The molecular weight excluding hydrogens is 314 g/mol. The minimum Gasteiger partial charge on any atom is -0.457 e. The van der Waals surface area contributed by atoms with Crippen LogP contribution in [0.5, 0.6) is 11.5 Å². The molecule has 0 spiro atoms. The van der Waals surface area contributed by atoms with E-state index in [9.17, 15) is 4.79 Å². The SMILES string of the molecule is CCn1nccc1CN(C)C(=O)c1cccc(Oc2ccccc2)c1. The number of hydrogen-bond acceptors (Lipinski definition) is 3. The third-order valence-electron chi connectivity index (χ3n) is 3.91. The van der Waals surface area contributed by atoms with E-state index in [2.05, 4.69) is 5.10 Å². The van der Waals surface area contributed by atoms with Crippen molar-refractivity contribution >= 4 is 5.91 Å². The van der Waals surface area contributed by atoms with Gasteiger partial charge in [0, 0.05) is 25.4 Å². The highest BCUT2D eigenvalue weighted by atomic mass is 16.5. The monoisotopic (exact) mass is 335 g/mol. The summed E-state index contributed by atoms with van der Waals surface area (Å²) in [5.41, 5.74) is 1.61. The smallest absolute Gasteiger partial charge is 0.254 e. The van der Waals surface area contributed by atoms with Gasteiger partial charge in [-0.2, -0.15) is 5.10 Å². The van der Waals surface area contributed by atoms with Gasteiger partial charge in [0.15, 0.2) is 0 Å². The summed E-state index contributed by atoms with van der Waals surface area (Å²) in [6.45, 7) is 3.32. The second kappa shape index (κ2) is 7.66. The zero-order valence-corrected chi connectivity index (χ0v) is 14.4. The van der Waals surface area contributed by atoms with Crippen molar-refractivity contribution in [1.82, 2.24) is 14.7 Å². The Kier molecular flexibility index (Phi) is 5.14.